The molecule has 0 unspecified atom stereocenters. The third-order valence-electron chi connectivity index (χ3n) is 2.47. The molecule has 5 heteroatoms. The number of benzene rings is 1. The van der Waals surface area contributed by atoms with Crippen LogP contribution in [0.4, 0.5) is 5.69 Å². The van der Waals surface area contributed by atoms with E-state index >= 15 is 0 Å². The van der Waals surface area contributed by atoms with Crippen LogP contribution in [-0.2, 0) is 4.74 Å². The molecule has 0 aromatic heterocycles. The Hall–Kier alpha value is -1.55. The molecule has 0 atom stereocenters. The smallest absolute Gasteiger partial charge is 0.338 e. The SMILES string of the molecule is COC(=O)c1cc(N=C(N)CCl)cc(C)c1C. The Bertz CT molecular complexity index is 470. The van der Waals surface area contributed by atoms with Gasteiger partial charge in [0.15, 0.2) is 0 Å². The van der Waals surface area contributed by atoms with Crippen LogP contribution >= 0.6 is 11.6 Å². The summed E-state index contributed by atoms with van der Waals surface area (Å²) in [6.45, 7) is 3.76. The average molecular weight is 255 g/mol. The summed E-state index contributed by atoms with van der Waals surface area (Å²) in [6.07, 6.45) is 0. The molecule has 17 heavy (non-hydrogen) atoms. The van der Waals surface area contributed by atoms with Crippen molar-refractivity contribution < 1.29 is 9.53 Å². The number of aryl methyl sites for hydroxylation is 1. The molecule has 0 saturated heterocycles. The van der Waals surface area contributed by atoms with E-state index in [9.17, 15) is 4.79 Å². The predicted molar refractivity (Wildman–Crippen MR) is 69.3 cm³/mol. The molecular formula is C12H15ClN2O2. The van der Waals surface area contributed by atoms with Crippen LogP contribution in [0.5, 0.6) is 0 Å². The van der Waals surface area contributed by atoms with Gasteiger partial charge in [0.2, 0.25) is 0 Å². The second-order valence-electron chi connectivity index (χ2n) is 3.66. The summed E-state index contributed by atoms with van der Waals surface area (Å²) in [6, 6.07) is 3.49. The normalized spacial score (nSPS) is 11.4. The Morgan fingerprint density at radius 2 is 2.12 bits per heavy atom. The zero-order valence-electron chi connectivity index (χ0n) is 10.1. The van der Waals surface area contributed by atoms with Crippen molar-refractivity contribution in [2.45, 2.75) is 13.8 Å². The van der Waals surface area contributed by atoms with Gasteiger partial charge in [-0.3, -0.25) is 0 Å². The van der Waals surface area contributed by atoms with Crippen LogP contribution in [0.1, 0.15) is 21.5 Å². The minimum absolute atomic E-state index is 0.153. The van der Waals surface area contributed by atoms with E-state index in [0.29, 0.717) is 17.1 Å². The van der Waals surface area contributed by atoms with Gasteiger partial charge in [-0.1, -0.05) is 0 Å². The van der Waals surface area contributed by atoms with Crippen molar-refractivity contribution in [3.05, 3.63) is 28.8 Å². The van der Waals surface area contributed by atoms with Gasteiger partial charge in [-0.05, 0) is 37.1 Å². The molecule has 4 nitrogen and oxygen atoms in total. The number of alkyl halides is 1. The number of hydrogen-bond acceptors (Lipinski definition) is 3. The lowest BCUT2D eigenvalue weighted by Gasteiger charge is -2.08. The van der Waals surface area contributed by atoms with Crippen LogP contribution in [0, 0.1) is 13.8 Å². The molecule has 1 aromatic rings. The lowest BCUT2D eigenvalue weighted by Crippen LogP contribution is -2.12. The molecule has 0 radical (unpaired) electrons. The number of rotatable bonds is 3. The van der Waals surface area contributed by atoms with E-state index in [4.69, 9.17) is 22.1 Å². The first-order valence-electron chi connectivity index (χ1n) is 5.08. The van der Waals surface area contributed by atoms with Crippen molar-refractivity contribution >= 4 is 29.1 Å². The summed E-state index contributed by atoms with van der Waals surface area (Å²) < 4.78 is 4.71. The molecule has 1 rings (SSSR count). The number of halogens is 1. The molecule has 2 N–H and O–H groups in total. The van der Waals surface area contributed by atoms with Crippen molar-refractivity contribution in [3.63, 3.8) is 0 Å². The van der Waals surface area contributed by atoms with Gasteiger partial charge >= 0.3 is 5.97 Å². The fourth-order valence-corrected chi connectivity index (χ4v) is 1.48. The average Bonchev–Trinajstić information content (AvgIpc) is 2.32. The number of amidine groups is 1. The van der Waals surface area contributed by atoms with E-state index < -0.39 is 0 Å². The summed E-state index contributed by atoms with van der Waals surface area (Å²) in [4.78, 5) is 15.7. The van der Waals surface area contributed by atoms with E-state index in [1.165, 1.54) is 7.11 Å². The Kier molecular flexibility index (Phi) is 4.52. The highest BCUT2D eigenvalue weighted by molar-refractivity contribution is 6.28. The van der Waals surface area contributed by atoms with Gasteiger partial charge in [0.1, 0.15) is 5.84 Å². The second kappa shape index (κ2) is 5.68. The minimum atomic E-state index is -0.382. The molecule has 0 saturated carbocycles. The molecule has 0 amide bonds. The lowest BCUT2D eigenvalue weighted by molar-refractivity contribution is 0.0600. The summed E-state index contributed by atoms with van der Waals surface area (Å²) in [5, 5.41) is 0. The van der Waals surface area contributed by atoms with Gasteiger partial charge in [0.05, 0.1) is 24.2 Å². The zero-order chi connectivity index (χ0) is 13.0. The van der Waals surface area contributed by atoms with Crippen molar-refractivity contribution in [1.29, 1.82) is 0 Å². The number of nitrogens with zero attached hydrogens (tertiary/aromatic N) is 1. The lowest BCUT2D eigenvalue weighted by atomic mass is 10.0. The molecule has 0 aliphatic carbocycles. The van der Waals surface area contributed by atoms with Crippen molar-refractivity contribution in [1.82, 2.24) is 0 Å². The van der Waals surface area contributed by atoms with E-state index in [1.807, 2.05) is 19.9 Å². The van der Waals surface area contributed by atoms with E-state index in [2.05, 4.69) is 4.99 Å². The highest BCUT2D eigenvalue weighted by Crippen LogP contribution is 2.22. The third-order valence-corrected chi connectivity index (χ3v) is 2.74. The number of carbonyl (C=O) groups is 1. The van der Waals surface area contributed by atoms with Gasteiger partial charge in [0.25, 0.3) is 0 Å². The Morgan fingerprint density at radius 3 is 2.65 bits per heavy atom. The quantitative estimate of drug-likeness (QED) is 0.390. The molecule has 0 heterocycles. The summed E-state index contributed by atoms with van der Waals surface area (Å²) in [7, 11) is 1.35. The molecule has 0 spiro atoms. The van der Waals surface area contributed by atoms with Crippen molar-refractivity contribution in [2.24, 2.45) is 10.7 Å². The van der Waals surface area contributed by atoms with Gasteiger partial charge in [-0.15, -0.1) is 11.6 Å². The van der Waals surface area contributed by atoms with Crippen LogP contribution < -0.4 is 5.73 Å². The van der Waals surface area contributed by atoms with Crippen LogP contribution in [-0.4, -0.2) is 24.8 Å². The molecule has 0 fully saturated rings. The number of ether oxygens (including phenoxy) is 1. The maximum atomic E-state index is 11.6. The number of nitrogens with two attached hydrogens (primary N) is 1. The van der Waals surface area contributed by atoms with E-state index in [0.717, 1.165) is 11.1 Å². The summed E-state index contributed by atoms with van der Waals surface area (Å²) in [5.74, 6) is 0.0818. The molecule has 0 aliphatic rings. The monoisotopic (exact) mass is 254 g/mol. The maximum Gasteiger partial charge on any atom is 0.338 e. The molecule has 1 aromatic carbocycles. The fourth-order valence-electron chi connectivity index (χ4n) is 1.42. The van der Waals surface area contributed by atoms with Gasteiger partial charge in [-0.25, -0.2) is 9.79 Å². The number of hydrogen-bond donors (Lipinski definition) is 1. The summed E-state index contributed by atoms with van der Waals surface area (Å²) in [5.41, 5.74) is 8.48. The van der Waals surface area contributed by atoms with Crippen molar-refractivity contribution in [3.8, 4) is 0 Å². The van der Waals surface area contributed by atoms with E-state index in [-0.39, 0.29) is 11.8 Å². The summed E-state index contributed by atoms with van der Waals surface area (Å²) >= 11 is 5.56. The van der Waals surface area contributed by atoms with Gasteiger partial charge in [0, 0.05) is 0 Å². The van der Waals surface area contributed by atoms with Gasteiger partial charge < -0.3 is 10.5 Å². The minimum Gasteiger partial charge on any atom is -0.465 e. The number of aliphatic imine (C=N–C) groups is 1. The first-order chi connectivity index (χ1) is 7.99. The molecule has 0 aliphatic heterocycles. The Labute approximate surface area is 105 Å². The fraction of sp³-hybridized carbons (Fsp3) is 0.333. The van der Waals surface area contributed by atoms with E-state index in [1.54, 1.807) is 6.07 Å². The molecule has 92 valence electrons. The Balaban J connectivity index is 3.28. The maximum absolute atomic E-state index is 11.6. The zero-order valence-corrected chi connectivity index (χ0v) is 10.8. The molecular weight excluding hydrogens is 240 g/mol. The van der Waals surface area contributed by atoms with Crippen LogP contribution in [0.25, 0.3) is 0 Å². The Morgan fingerprint density at radius 1 is 1.47 bits per heavy atom. The van der Waals surface area contributed by atoms with Crippen molar-refractivity contribution in [2.75, 3.05) is 13.0 Å². The first kappa shape index (κ1) is 13.5. The first-order valence-corrected chi connectivity index (χ1v) is 5.61. The third kappa shape index (κ3) is 3.20. The van der Waals surface area contributed by atoms with Crippen LogP contribution in [0.3, 0.4) is 0 Å². The number of esters is 1. The largest absolute Gasteiger partial charge is 0.465 e. The highest BCUT2D eigenvalue weighted by atomic mass is 35.5. The predicted octanol–water partition coefficient (Wildman–Crippen LogP) is 2.32. The van der Waals surface area contributed by atoms with Gasteiger partial charge in [-0.2, -0.15) is 0 Å². The van der Waals surface area contributed by atoms with Crippen LogP contribution in [0.15, 0.2) is 17.1 Å². The number of carbonyl (C=O) groups excluding carboxylic acids is 1. The number of methoxy groups -OCH3 is 1. The standard InChI is InChI=1S/C12H15ClN2O2/c1-7-4-9(15-11(14)6-13)5-10(8(7)2)12(16)17-3/h4-5H,6H2,1-3H3,(H2,14,15). The van der Waals surface area contributed by atoms with Crippen LogP contribution in [0.2, 0.25) is 0 Å². The topological polar surface area (TPSA) is 64.7 Å². The molecule has 0 bridgehead atoms. The highest BCUT2D eigenvalue weighted by Gasteiger charge is 2.12. The second-order valence-corrected chi connectivity index (χ2v) is 3.93.